The molecule has 1 aromatic rings. The van der Waals surface area contributed by atoms with Gasteiger partial charge in [0.1, 0.15) is 0 Å². The van der Waals surface area contributed by atoms with Gasteiger partial charge in [-0.1, -0.05) is 13.8 Å². The summed E-state index contributed by atoms with van der Waals surface area (Å²) >= 11 is 0. The number of hydrogen-bond acceptors (Lipinski definition) is 4. The molecule has 0 aliphatic carbocycles. The summed E-state index contributed by atoms with van der Waals surface area (Å²) < 4.78 is 25.6. The second kappa shape index (κ2) is 7.31. The van der Waals surface area contributed by atoms with Gasteiger partial charge in [0.15, 0.2) is 0 Å². The van der Waals surface area contributed by atoms with Crippen molar-refractivity contribution in [2.45, 2.75) is 39.2 Å². The van der Waals surface area contributed by atoms with Gasteiger partial charge < -0.3 is 11.1 Å². The quantitative estimate of drug-likeness (QED) is 0.857. The SMILES string of the molecule is CC(C)C[C@H](N)C(=O)Nc1ccc(N2CCCCS2(=O)=O)cc1. The van der Waals surface area contributed by atoms with Gasteiger partial charge in [-0.3, -0.25) is 9.10 Å². The third kappa shape index (κ3) is 4.68. The Labute approximate surface area is 138 Å². The second-order valence-corrected chi connectivity index (χ2v) is 8.38. The van der Waals surface area contributed by atoms with Crippen LogP contribution in [0, 0.1) is 5.92 Å². The highest BCUT2D eigenvalue weighted by Crippen LogP contribution is 2.25. The molecular weight excluding hydrogens is 314 g/mol. The average molecular weight is 339 g/mol. The molecule has 6 nitrogen and oxygen atoms in total. The average Bonchev–Trinajstić information content (AvgIpc) is 2.47. The maximum atomic E-state index is 12.1. The van der Waals surface area contributed by atoms with E-state index in [1.54, 1.807) is 24.3 Å². The van der Waals surface area contributed by atoms with Crippen molar-refractivity contribution in [1.29, 1.82) is 0 Å². The highest BCUT2D eigenvalue weighted by Gasteiger charge is 2.25. The van der Waals surface area contributed by atoms with Gasteiger partial charge in [-0.2, -0.15) is 0 Å². The summed E-state index contributed by atoms with van der Waals surface area (Å²) in [6.07, 6.45) is 2.19. The Morgan fingerprint density at radius 1 is 1.26 bits per heavy atom. The monoisotopic (exact) mass is 339 g/mol. The molecule has 1 fully saturated rings. The lowest BCUT2D eigenvalue weighted by Gasteiger charge is -2.28. The first kappa shape index (κ1) is 17.7. The van der Waals surface area contributed by atoms with E-state index in [1.165, 1.54) is 4.31 Å². The van der Waals surface area contributed by atoms with Crippen molar-refractivity contribution in [3.8, 4) is 0 Å². The molecule has 0 bridgehead atoms. The zero-order valence-electron chi connectivity index (χ0n) is 13.7. The molecule has 128 valence electrons. The zero-order valence-corrected chi connectivity index (χ0v) is 14.5. The lowest BCUT2D eigenvalue weighted by molar-refractivity contribution is -0.117. The van der Waals surface area contributed by atoms with E-state index in [4.69, 9.17) is 5.73 Å². The number of anilines is 2. The number of hydrogen-bond donors (Lipinski definition) is 2. The van der Waals surface area contributed by atoms with E-state index in [2.05, 4.69) is 5.32 Å². The third-order valence-corrected chi connectivity index (χ3v) is 5.70. The van der Waals surface area contributed by atoms with Gasteiger partial charge in [0.25, 0.3) is 0 Å². The first-order chi connectivity index (χ1) is 10.8. The zero-order chi connectivity index (χ0) is 17.0. The van der Waals surface area contributed by atoms with Crippen molar-refractivity contribution in [3.63, 3.8) is 0 Å². The lowest BCUT2D eigenvalue weighted by Crippen LogP contribution is -2.38. The molecule has 1 atom stereocenters. The summed E-state index contributed by atoms with van der Waals surface area (Å²) in [5.74, 6) is 0.315. The molecule has 0 radical (unpaired) electrons. The van der Waals surface area contributed by atoms with E-state index in [1.807, 2.05) is 13.8 Å². The summed E-state index contributed by atoms with van der Waals surface area (Å²) in [5, 5.41) is 2.77. The number of benzene rings is 1. The molecule has 0 aromatic heterocycles. The minimum absolute atomic E-state index is 0.190. The molecular formula is C16H25N3O3S. The minimum Gasteiger partial charge on any atom is -0.325 e. The molecule has 1 aliphatic heterocycles. The molecule has 0 unspecified atom stereocenters. The van der Waals surface area contributed by atoms with E-state index in [-0.39, 0.29) is 11.7 Å². The van der Waals surface area contributed by atoms with Gasteiger partial charge in [-0.15, -0.1) is 0 Å². The van der Waals surface area contributed by atoms with Crippen LogP contribution in [0.4, 0.5) is 11.4 Å². The Morgan fingerprint density at radius 3 is 2.48 bits per heavy atom. The van der Waals surface area contributed by atoms with Crippen LogP contribution in [0.25, 0.3) is 0 Å². The van der Waals surface area contributed by atoms with Gasteiger partial charge >= 0.3 is 0 Å². The van der Waals surface area contributed by atoms with Crippen molar-refractivity contribution in [2.75, 3.05) is 21.9 Å². The Balaban J connectivity index is 2.03. The number of sulfonamides is 1. The predicted molar refractivity (Wildman–Crippen MR) is 92.9 cm³/mol. The Morgan fingerprint density at radius 2 is 1.91 bits per heavy atom. The highest BCUT2D eigenvalue weighted by atomic mass is 32.2. The number of nitrogens with two attached hydrogens (primary N) is 1. The van der Waals surface area contributed by atoms with Gasteiger partial charge in [0.05, 0.1) is 17.5 Å². The fourth-order valence-corrected chi connectivity index (χ4v) is 4.28. The topological polar surface area (TPSA) is 92.5 Å². The molecule has 1 aliphatic rings. The summed E-state index contributed by atoms with van der Waals surface area (Å²) in [5.41, 5.74) is 7.10. The molecule has 7 heteroatoms. The van der Waals surface area contributed by atoms with Gasteiger partial charge in [-0.05, 0) is 49.4 Å². The summed E-state index contributed by atoms with van der Waals surface area (Å²) in [6.45, 7) is 4.54. The third-order valence-electron chi connectivity index (χ3n) is 3.83. The maximum absolute atomic E-state index is 12.1. The summed E-state index contributed by atoms with van der Waals surface area (Å²) in [4.78, 5) is 12.0. The largest absolute Gasteiger partial charge is 0.325 e. The maximum Gasteiger partial charge on any atom is 0.241 e. The number of rotatable bonds is 5. The van der Waals surface area contributed by atoms with Crippen LogP contribution in [-0.4, -0.2) is 32.7 Å². The molecule has 0 saturated carbocycles. The fourth-order valence-electron chi connectivity index (χ4n) is 2.64. The number of nitrogens with one attached hydrogen (secondary N) is 1. The molecule has 2 rings (SSSR count). The van der Waals surface area contributed by atoms with Crippen LogP contribution in [0.1, 0.15) is 33.1 Å². The van der Waals surface area contributed by atoms with Crippen LogP contribution in [0.2, 0.25) is 0 Å². The first-order valence-electron chi connectivity index (χ1n) is 7.96. The molecule has 1 saturated heterocycles. The number of nitrogens with zero attached hydrogens (tertiary/aromatic N) is 1. The van der Waals surface area contributed by atoms with Crippen molar-refractivity contribution in [2.24, 2.45) is 11.7 Å². The van der Waals surface area contributed by atoms with E-state index in [0.717, 1.165) is 6.42 Å². The van der Waals surface area contributed by atoms with Crippen LogP contribution >= 0.6 is 0 Å². The van der Waals surface area contributed by atoms with Crippen LogP contribution in [-0.2, 0) is 14.8 Å². The summed E-state index contributed by atoms with van der Waals surface area (Å²) in [7, 11) is -3.21. The number of carbonyl (C=O) groups excluding carboxylic acids is 1. The standard InChI is InChI=1S/C16H25N3O3S/c1-12(2)11-15(17)16(20)18-13-5-7-14(8-6-13)19-9-3-4-10-23(19,21)22/h5-8,12,15H,3-4,9-11,17H2,1-2H3,(H,18,20)/t15-/m0/s1. The molecule has 1 heterocycles. The normalized spacial score (nSPS) is 18.7. The van der Waals surface area contributed by atoms with Crippen LogP contribution in [0.3, 0.4) is 0 Å². The second-order valence-electron chi connectivity index (χ2n) is 6.37. The van der Waals surface area contributed by atoms with Crippen LogP contribution < -0.4 is 15.4 Å². The van der Waals surface area contributed by atoms with Crippen molar-refractivity contribution in [3.05, 3.63) is 24.3 Å². The van der Waals surface area contributed by atoms with Crippen LogP contribution in [0.15, 0.2) is 24.3 Å². The molecule has 1 aromatic carbocycles. The van der Waals surface area contributed by atoms with E-state index < -0.39 is 16.1 Å². The van der Waals surface area contributed by atoms with Gasteiger partial charge in [-0.25, -0.2) is 8.42 Å². The molecule has 0 spiro atoms. The first-order valence-corrected chi connectivity index (χ1v) is 9.57. The van der Waals surface area contributed by atoms with E-state index in [9.17, 15) is 13.2 Å². The highest BCUT2D eigenvalue weighted by molar-refractivity contribution is 7.92. The van der Waals surface area contributed by atoms with Crippen LogP contribution in [0.5, 0.6) is 0 Å². The molecule has 3 N–H and O–H groups in total. The van der Waals surface area contributed by atoms with Gasteiger partial charge in [0, 0.05) is 12.2 Å². The number of amides is 1. The predicted octanol–water partition coefficient (Wildman–Crippen LogP) is 1.93. The van der Waals surface area contributed by atoms with Gasteiger partial charge in [0.2, 0.25) is 15.9 Å². The fraction of sp³-hybridized carbons (Fsp3) is 0.562. The smallest absolute Gasteiger partial charge is 0.241 e. The van der Waals surface area contributed by atoms with Crippen molar-refractivity contribution in [1.82, 2.24) is 0 Å². The summed E-state index contributed by atoms with van der Waals surface area (Å²) in [6, 6.07) is 6.30. The Bertz CT molecular complexity index is 641. The Hall–Kier alpha value is -1.60. The van der Waals surface area contributed by atoms with Crippen molar-refractivity contribution >= 4 is 27.3 Å². The number of carbonyl (C=O) groups is 1. The van der Waals surface area contributed by atoms with E-state index >= 15 is 0 Å². The molecule has 1 amide bonds. The molecule has 23 heavy (non-hydrogen) atoms. The van der Waals surface area contributed by atoms with E-state index in [0.29, 0.717) is 36.7 Å². The minimum atomic E-state index is -3.21. The Kier molecular flexibility index (Phi) is 5.64. The lowest BCUT2D eigenvalue weighted by atomic mass is 10.0. The van der Waals surface area contributed by atoms with Crippen molar-refractivity contribution < 1.29 is 13.2 Å².